The number of carbonyl (C=O) groups is 5. The van der Waals surface area contributed by atoms with Crippen LogP contribution in [0.3, 0.4) is 0 Å². The van der Waals surface area contributed by atoms with Gasteiger partial charge in [-0.3, -0.25) is 19.2 Å². The van der Waals surface area contributed by atoms with E-state index in [2.05, 4.69) is 24.5 Å². The molecular weight excluding hydrogens is 665 g/mol. The molecule has 2 unspecified atom stereocenters. The summed E-state index contributed by atoms with van der Waals surface area (Å²) in [5, 5.41) is 6.08. The van der Waals surface area contributed by atoms with Crippen molar-refractivity contribution in [3.8, 4) is 5.75 Å². The van der Waals surface area contributed by atoms with Crippen molar-refractivity contribution in [3.63, 3.8) is 0 Å². The van der Waals surface area contributed by atoms with E-state index in [4.69, 9.17) is 4.74 Å². The lowest BCUT2D eigenvalue weighted by Gasteiger charge is -2.40. The Kier molecular flexibility index (Phi) is 12.4. The predicted molar refractivity (Wildman–Crippen MR) is 197 cm³/mol. The highest BCUT2D eigenvalue weighted by Gasteiger charge is 2.44. The largest absolute Gasteiger partial charge is 0.425 e. The van der Waals surface area contributed by atoms with Crippen LogP contribution in [0.2, 0.25) is 0 Å². The van der Waals surface area contributed by atoms with Crippen LogP contribution in [0, 0.1) is 17.8 Å². The van der Waals surface area contributed by atoms with E-state index in [0.29, 0.717) is 75.5 Å². The molecule has 7 rings (SSSR count). The minimum atomic E-state index is -0.759. The van der Waals surface area contributed by atoms with Crippen LogP contribution in [0.1, 0.15) is 82.8 Å². The lowest BCUT2D eigenvalue weighted by molar-refractivity contribution is -0.152. The number of fused-ring (bicyclic) bond motifs is 9. The summed E-state index contributed by atoms with van der Waals surface area (Å²) in [6.45, 7) is 5.53. The maximum atomic E-state index is 14.2. The van der Waals surface area contributed by atoms with Gasteiger partial charge in [-0.05, 0) is 106 Å². The number of esters is 1. The smallest absolute Gasteiger partial charge is 0.334 e. The molecule has 0 spiro atoms. The molecule has 11 heteroatoms. The predicted octanol–water partition coefficient (Wildman–Crippen LogP) is 4.89. The third-order valence-electron chi connectivity index (χ3n) is 10.7. The number of hydrogen-bond acceptors (Lipinski definition) is 7. The number of benzene rings is 2. The molecule has 274 valence electrons. The lowest BCUT2D eigenvalue weighted by Crippen LogP contribution is -2.58. The molecule has 2 aromatic rings. The van der Waals surface area contributed by atoms with Crippen molar-refractivity contribution in [1.82, 2.24) is 20.4 Å². The van der Waals surface area contributed by atoms with E-state index < -0.39 is 35.9 Å². The molecule has 0 saturated carbocycles. The number of hydrogen-bond donors (Lipinski definition) is 2. The Hall–Kier alpha value is -3.86. The Morgan fingerprint density at radius 2 is 1.69 bits per heavy atom. The lowest BCUT2D eigenvalue weighted by atomic mass is 9.86. The standard InChI is InChI=1S/C40H52N4O6S/c1-26(2)25-43-21-7-6-11-32(38(43)47)41-36(45)30-17-16-29(23-27-9-4-3-5-10-27)37(46)42-33-20-22-51-35-13-8-12-34(44(35)39(33)48)40(49)50-31-18-14-28(24-30)15-19-31/h3-5,9-10,14-15,18-19,26,29-30,32-35H,6-8,11-13,16-17,20-25H2,1-2H3,(H,41,45)(H,42,46)/t29-,30-,32?,33-,34-,35?/m0/s1. The minimum Gasteiger partial charge on any atom is -0.425 e. The molecule has 3 fully saturated rings. The van der Waals surface area contributed by atoms with Gasteiger partial charge in [0.2, 0.25) is 23.6 Å². The first-order valence-corrected chi connectivity index (χ1v) is 19.9. The Bertz CT molecular complexity index is 1550. The first kappa shape index (κ1) is 36.9. The second-order valence-corrected chi connectivity index (χ2v) is 16.3. The van der Waals surface area contributed by atoms with Gasteiger partial charge in [0.1, 0.15) is 23.9 Å². The summed E-state index contributed by atoms with van der Waals surface area (Å²) >= 11 is 1.66. The van der Waals surface area contributed by atoms with Crippen molar-refractivity contribution in [1.29, 1.82) is 0 Å². The molecule has 0 radical (unpaired) electrons. The van der Waals surface area contributed by atoms with Gasteiger partial charge < -0.3 is 25.2 Å². The maximum absolute atomic E-state index is 14.2. The van der Waals surface area contributed by atoms with Gasteiger partial charge in [-0.25, -0.2) is 4.79 Å². The number of thioether (sulfide) groups is 1. The molecule has 51 heavy (non-hydrogen) atoms. The number of ether oxygens (including phenoxy) is 1. The van der Waals surface area contributed by atoms with Crippen LogP contribution in [0.15, 0.2) is 54.6 Å². The molecule has 10 nitrogen and oxygen atoms in total. The number of rotatable bonds is 6. The quantitative estimate of drug-likeness (QED) is 0.323. The van der Waals surface area contributed by atoms with E-state index >= 15 is 0 Å². The van der Waals surface area contributed by atoms with Crippen LogP contribution < -0.4 is 15.4 Å². The Labute approximate surface area is 305 Å². The van der Waals surface area contributed by atoms with Gasteiger partial charge in [-0.2, -0.15) is 0 Å². The van der Waals surface area contributed by atoms with Crippen LogP contribution in [0.5, 0.6) is 5.75 Å². The first-order valence-electron chi connectivity index (χ1n) is 18.8. The summed E-state index contributed by atoms with van der Waals surface area (Å²) in [5.41, 5.74) is 1.88. The van der Waals surface area contributed by atoms with E-state index in [9.17, 15) is 24.0 Å². The summed E-state index contributed by atoms with van der Waals surface area (Å²) in [5.74, 6) is -0.801. The zero-order valence-corrected chi connectivity index (χ0v) is 30.7. The Morgan fingerprint density at radius 1 is 0.902 bits per heavy atom. The summed E-state index contributed by atoms with van der Waals surface area (Å²) in [6, 6.07) is 14.9. The number of carbonyl (C=O) groups excluding carboxylic acids is 5. The fraction of sp³-hybridized carbons (Fsp3) is 0.575. The number of piperidine rings is 1. The van der Waals surface area contributed by atoms with E-state index in [0.717, 1.165) is 36.8 Å². The monoisotopic (exact) mass is 716 g/mol. The van der Waals surface area contributed by atoms with Gasteiger partial charge in [0.15, 0.2) is 0 Å². The molecule has 6 atom stereocenters. The molecule has 5 aliphatic heterocycles. The zero-order valence-electron chi connectivity index (χ0n) is 29.9. The van der Waals surface area contributed by atoms with Crippen molar-refractivity contribution in [2.75, 3.05) is 18.8 Å². The molecular formula is C40H52N4O6S. The minimum absolute atomic E-state index is 0.0314. The summed E-state index contributed by atoms with van der Waals surface area (Å²) in [7, 11) is 0. The van der Waals surface area contributed by atoms with Gasteiger partial charge in [0, 0.05) is 24.9 Å². The van der Waals surface area contributed by atoms with Crippen LogP contribution >= 0.6 is 11.8 Å². The summed E-state index contributed by atoms with van der Waals surface area (Å²) < 4.78 is 5.85. The molecule has 5 aliphatic rings. The van der Waals surface area contributed by atoms with Gasteiger partial charge in [-0.15, -0.1) is 11.8 Å². The van der Waals surface area contributed by atoms with Crippen molar-refractivity contribution < 1.29 is 28.7 Å². The van der Waals surface area contributed by atoms with Gasteiger partial charge in [0.05, 0.1) is 5.37 Å². The third-order valence-corrected chi connectivity index (χ3v) is 12.0. The molecule has 3 saturated heterocycles. The Balaban J connectivity index is 1.30. The Morgan fingerprint density at radius 3 is 2.45 bits per heavy atom. The highest BCUT2D eigenvalue weighted by Crippen LogP contribution is 2.35. The van der Waals surface area contributed by atoms with Gasteiger partial charge in [0.25, 0.3) is 0 Å². The highest BCUT2D eigenvalue weighted by molar-refractivity contribution is 7.99. The molecule has 2 N–H and O–H groups in total. The maximum Gasteiger partial charge on any atom is 0.334 e. The fourth-order valence-corrected chi connectivity index (χ4v) is 9.36. The van der Waals surface area contributed by atoms with Gasteiger partial charge >= 0.3 is 5.97 Å². The molecule has 4 amide bonds. The number of likely N-dealkylation sites (tertiary alicyclic amines) is 1. The first-order chi connectivity index (χ1) is 24.7. The average Bonchev–Trinajstić information content (AvgIpc) is 3.38. The topological polar surface area (TPSA) is 125 Å². The number of nitrogens with one attached hydrogen (secondary N) is 2. The number of nitrogens with zero attached hydrogens (tertiary/aromatic N) is 2. The SMILES string of the molecule is CC(C)CN1CCCCC(NC(=O)[C@H]2CC[C@@H](Cc3ccccc3)C(=O)N[C@H]3CCSC4CCC[C@@H](C(=O)Oc5ccc(cc5)C2)N4C3=O)C1=O. The van der Waals surface area contributed by atoms with Crippen LogP contribution in [0.4, 0.5) is 0 Å². The van der Waals surface area contributed by atoms with Crippen LogP contribution in [-0.2, 0) is 36.8 Å². The molecule has 0 aromatic heterocycles. The molecule has 4 bridgehead atoms. The van der Waals surface area contributed by atoms with E-state index in [1.165, 1.54) is 0 Å². The van der Waals surface area contributed by atoms with E-state index in [1.54, 1.807) is 28.8 Å². The molecule has 0 aliphatic carbocycles. The van der Waals surface area contributed by atoms with Crippen LogP contribution in [-0.4, -0.2) is 81.7 Å². The molecule has 2 aromatic carbocycles. The van der Waals surface area contributed by atoms with E-state index in [1.807, 2.05) is 47.4 Å². The van der Waals surface area contributed by atoms with Crippen molar-refractivity contribution >= 4 is 41.4 Å². The molecule has 5 heterocycles. The second kappa shape index (κ2) is 17.1. The van der Waals surface area contributed by atoms with Crippen molar-refractivity contribution in [2.45, 2.75) is 108 Å². The average molecular weight is 717 g/mol. The highest BCUT2D eigenvalue weighted by atomic mass is 32.2. The second-order valence-electron chi connectivity index (χ2n) is 15.0. The summed E-state index contributed by atoms with van der Waals surface area (Å²) in [4.78, 5) is 73.3. The van der Waals surface area contributed by atoms with Crippen LogP contribution in [0.25, 0.3) is 0 Å². The van der Waals surface area contributed by atoms with Gasteiger partial charge in [-0.1, -0.05) is 56.3 Å². The van der Waals surface area contributed by atoms with Crippen molar-refractivity contribution in [2.24, 2.45) is 17.8 Å². The zero-order chi connectivity index (χ0) is 35.9. The normalized spacial score (nSPS) is 28.0. The number of amides is 4. The fourth-order valence-electron chi connectivity index (χ4n) is 7.97. The summed E-state index contributed by atoms with van der Waals surface area (Å²) in [6.07, 6.45) is 6.61. The van der Waals surface area contributed by atoms with E-state index in [-0.39, 0.29) is 29.0 Å². The van der Waals surface area contributed by atoms with Crippen molar-refractivity contribution in [3.05, 3.63) is 65.7 Å². The third kappa shape index (κ3) is 9.33.